The maximum Gasteiger partial charge on any atom is 0.339 e. The number of carboxylic acids is 1. The molecular formula is C9H9ClO4. The zero-order valence-corrected chi connectivity index (χ0v) is 7.99. The van der Waals surface area contributed by atoms with Crippen molar-refractivity contribution in [1.82, 2.24) is 0 Å². The van der Waals surface area contributed by atoms with Gasteiger partial charge in [-0.15, -0.1) is 11.6 Å². The molecule has 0 fully saturated rings. The van der Waals surface area contributed by atoms with Crippen molar-refractivity contribution in [3.8, 4) is 11.5 Å². The van der Waals surface area contributed by atoms with E-state index in [4.69, 9.17) is 26.6 Å². The fourth-order valence-electron chi connectivity index (χ4n) is 0.933. The summed E-state index contributed by atoms with van der Waals surface area (Å²) in [5.74, 6) is -0.779. The maximum absolute atomic E-state index is 10.6. The first-order chi connectivity index (χ1) is 6.65. The van der Waals surface area contributed by atoms with Crippen molar-refractivity contribution < 1.29 is 19.7 Å². The van der Waals surface area contributed by atoms with Gasteiger partial charge >= 0.3 is 5.97 Å². The van der Waals surface area contributed by atoms with Crippen LogP contribution in [0.15, 0.2) is 18.2 Å². The van der Waals surface area contributed by atoms with Crippen LogP contribution in [0.25, 0.3) is 0 Å². The summed E-state index contributed by atoms with van der Waals surface area (Å²) in [6, 6.07) is 4.01. The van der Waals surface area contributed by atoms with E-state index >= 15 is 0 Å². The molecule has 0 saturated heterocycles. The van der Waals surface area contributed by atoms with E-state index in [9.17, 15) is 4.79 Å². The smallest absolute Gasteiger partial charge is 0.339 e. The molecule has 1 rings (SSSR count). The fourth-order valence-corrected chi connectivity index (χ4v) is 1.01. The lowest BCUT2D eigenvalue weighted by Gasteiger charge is -2.05. The number of rotatable bonds is 4. The van der Waals surface area contributed by atoms with Gasteiger partial charge in [-0.3, -0.25) is 0 Å². The molecule has 14 heavy (non-hydrogen) atoms. The highest BCUT2D eigenvalue weighted by atomic mass is 35.5. The van der Waals surface area contributed by atoms with Crippen molar-refractivity contribution in [2.24, 2.45) is 0 Å². The minimum absolute atomic E-state index is 0.183. The van der Waals surface area contributed by atoms with Gasteiger partial charge in [0.1, 0.15) is 23.7 Å². The van der Waals surface area contributed by atoms with E-state index in [0.717, 1.165) is 0 Å². The highest BCUT2D eigenvalue weighted by Gasteiger charge is 2.10. The lowest BCUT2D eigenvalue weighted by Crippen LogP contribution is -2.01. The Hall–Kier alpha value is -1.42. The van der Waals surface area contributed by atoms with Crippen molar-refractivity contribution in [2.75, 3.05) is 12.5 Å². The second-order valence-corrected chi connectivity index (χ2v) is 2.90. The molecule has 0 aliphatic rings. The Morgan fingerprint density at radius 1 is 1.50 bits per heavy atom. The van der Waals surface area contributed by atoms with Crippen LogP contribution >= 0.6 is 11.6 Å². The van der Waals surface area contributed by atoms with Crippen molar-refractivity contribution in [2.45, 2.75) is 0 Å². The maximum atomic E-state index is 10.6. The van der Waals surface area contributed by atoms with Gasteiger partial charge in [0.15, 0.2) is 0 Å². The number of halogens is 1. The normalized spacial score (nSPS) is 9.79. The van der Waals surface area contributed by atoms with Crippen LogP contribution in [0.4, 0.5) is 0 Å². The molecule has 0 aliphatic heterocycles. The van der Waals surface area contributed by atoms with Gasteiger partial charge in [-0.05, 0) is 18.2 Å². The number of aromatic carboxylic acids is 1. The van der Waals surface area contributed by atoms with Crippen molar-refractivity contribution in [3.05, 3.63) is 23.8 Å². The number of carbonyl (C=O) groups is 1. The van der Waals surface area contributed by atoms with Crippen LogP contribution in [0.1, 0.15) is 10.4 Å². The predicted octanol–water partition coefficient (Wildman–Crippen LogP) is 1.71. The number of hydrogen-bond acceptors (Lipinski definition) is 3. The highest BCUT2D eigenvalue weighted by Crippen LogP contribution is 2.22. The van der Waals surface area contributed by atoms with Crippen LogP contribution in [-0.2, 0) is 0 Å². The van der Waals surface area contributed by atoms with Gasteiger partial charge in [0.2, 0.25) is 0 Å². The molecule has 0 heterocycles. The molecule has 4 nitrogen and oxygen atoms in total. The Kier molecular flexibility index (Phi) is 3.59. The first-order valence-corrected chi connectivity index (χ1v) is 4.43. The molecule has 1 aromatic carbocycles. The SMILES string of the molecule is O=C(O)c1cc(OCCCl)ccc1O. The summed E-state index contributed by atoms with van der Waals surface area (Å²) in [5, 5.41) is 17.8. The summed E-state index contributed by atoms with van der Waals surface area (Å²) >= 11 is 5.39. The second-order valence-electron chi connectivity index (χ2n) is 2.52. The summed E-state index contributed by atoms with van der Waals surface area (Å²) in [6.45, 7) is 0.297. The van der Waals surface area contributed by atoms with Gasteiger partial charge in [0.05, 0.1) is 5.88 Å². The Labute approximate surface area is 85.7 Å². The molecule has 0 saturated carbocycles. The molecule has 2 N–H and O–H groups in total. The number of alkyl halides is 1. The molecule has 0 radical (unpaired) electrons. The molecule has 0 atom stereocenters. The van der Waals surface area contributed by atoms with Gasteiger partial charge in [0.25, 0.3) is 0 Å². The zero-order valence-electron chi connectivity index (χ0n) is 7.24. The Balaban J connectivity index is 2.89. The van der Waals surface area contributed by atoms with Crippen LogP contribution in [0, 0.1) is 0 Å². The molecule has 76 valence electrons. The van der Waals surface area contributed by atoms with Gasteiger partial charge in [-0.25, -0.2) is 4.79 Å². The quantitative estimate of drug-likeness (QED) is 0.752. The number of aromatic hydroxyl groups is 1. The molecule has 0 unspecified atom stereocenters. The average Bonchev–Trinajstić information content (AvgIpc) is 2.16. The topological polar surface area (TPSA) is 66.8 Å². The Morgan fingerprint density at radius 3 is 2.79 bits per heavy atom. The van der Waals surface area contributed by atoms with Crippen LogP contribution < -0.4 is 4.74 Å². The monoisotopic (exact) mass is 216 g/mol. The number of phenols is 1. The Bertz CT molecular complexity index is 338. The first-order valence-electron chi connectivity index (χ1n) is 3.90. The molecule has 0 amide bonds. The van der Waals surface area contributed by atoms with E-state index in [1.54, 1.807) is 0 Å². The molecular weight excluding hydrogens is 208 g/mol. The van der Waals surface area contributed by atoms with E-state index < -0.39 is 5.97 Å². The molecule has 0 bridgehead atoms. The first kappa shape index (κ1) is 10.7. The number of ether oxygens (including phenoxy) is 1. The third kappa shape index (κ3) is 2.53. The summed E-state index contributed by atoms with van der Waals surface area (Å²) in [5.41, 5.74) is -0.183. The number of carboxylic acid groups (broad SMARTS) is 1. The predicted molar refractivity (Wildman–Crippen MR) is 51.3 cm³/mol. The van der Waals surface area contributed by atoms with E-state index in [1.807, 2.05) is 0 Å². The zero-order chi connectivity index (χ0) is 10.6. The minimum Gasteiger partial charge on any atom is -0.507 e. The standard InChI is InChI=1S/C9H9ClO4/c10-3-4-14-6-1-2-8(11)7(5-6)9(12)13/h1-2,5,11H,3-4H2,(H,12,13). The van der Waals surface area contributed by atoms with E-state index in [1.165, 1.54) is 18.2 Å². The van der Waals surface area contributed by atoms with Crippen LogP contribution in [-0.4, -0.2) is 28.7 Å². The number of benzene rings is 1. The van der Waals surface area contributed by atoms with E-state index in [0.29, 0.717) is 18.2 Å². The minimum atomic E-state index is -1.20. The summed E-state index contributed by atoms with van der Waals surface area (Å²) in [4.78, 5) is 10.6. The van der Waals surface area contributed by atoms with Crippen LogP contribution in [0.2, 0.25) is 0 Å². The van der Waals surface area contributed by atoms with E-state index in [-0.39, 0.29) is 11.3 Å². The summed E-state index contributed by atoms with van der Waals surface area (Å²) in [6.07, 6.45) is 0. The molecule has 1 aromatic rings. The lowest BCUT2D eigenvalue weighted by atomic mass is 10.2. The van der Waals surface area contributed by atoms with Crippen molar-refractivity contribution >= 4 is 17.6 Å². The summed E-state index contributed by atoms with van der Waals surface area (Å²) in [7, 11) is 0. The third-order valence-electron chi connectivity index (χ3n) is 1.54. The molecule has 5 heteroatoms. The summed E-state index contributed by atoms with van der Waals surface area (Å²) < 4.78 is 5.09. The Morgan fingerprint density at radius 2 is 2.21 bits per heavy atom. The average molecular weight is 217 g/mol. The van der Waals surface area contributed by atoms with Crippen LogP contribution in [0.5, 0.6) is 11.5 Å². The van der Waals surface area contributed by atoms with Gasteiger partial charge in [0, 0.05) is 0 Å². The van der Waals surface area contributed by atoms with Crippen molar-refractivity contribution in [3.63, 3.8) is 0 Å². The molecule has 0 aromatic heterocycles. The van der Waals surface area contributed by atoms with E-state index in [2.05, 4.69) is 0 Å². The number of hydrogen-bond donors (Lipinski definition) is 2. The van der Waals surface area contributed by atoms with Gasteiger partial charge < -0.3 is 14.9 Å². The molecule has 0 spiro atoms. The lowest BCUT2D eigenvalue weighted by molar-refractivity contribution is 0.0693. The highest BCUT2D eigenvalue weighted by molar-refractivity contribution is 6.18. The molecule has 0 aliphatic carbocycles. The third-order valence-corrected chi connectivity index (χ3v) is 1.70. The van der Waals surface area contributed by atoms with Gasteiger partial charge in [-0.2, -0.15) is 0 Å². The van der Waals surface area contributed by atoms with Gasteiger partial charge in [-0.1, -0.05) is 0 Å². The second kappa shape index (κ2) is 4.72. The fraction of sp³-hybridized carbons (Fsp3) is 0.222. The largest absolute Gasteiger partial charge is 0.507 e. The van der Waals surface area contributed by atoms with Crippen LogP contribution in [0.3, 0.4) is 0 Å². The van der Waals surface area contributed by atoms with Crippen molar-refractivity contribution in [1.29, 1.82) is 0 Å².